The van der Waals surface area contributed by atoms with Gasteiger partial charge in [0.2, 0.25) is 11.8 Å². The smallest absolute Gasteiger partial charge is 0.241 e. The summed E-state index contributed by atoms with van der Waals surface area (Å²) in [5.74, 6) is -1.90. The van der Waals surface area contributed by atoms with Crippen LogP contribution >= 0.6 is 0 Å². The number of fused-ring (bicyclic) bond motifs is 5. The lowest BCUT2D eigenvalue weighted by molar-refractivity contribution is -0.255. The summed E-state index contributed by atoms with van der Waals surface area (Å²) < 4.78 is 0. The number of nitrogens with zero attached hydrogens (tertiary/aromatic N) is 1. The molecule has 1 heterocycles. The minimum Gasteiger partial charge on any atom is -0.545 e. The predicted molar refractivity (Wildman–Crippen MR) is 75.6 cm³/mol. The van der Waals surface area contributed by atoms with Crippen LogP contribution < -0.4 is 10.0 Å². The second kappa shape index (κ2) is 4.06. The van der Waals surface area contributed by atoms with E-state index in [2.05, 4.69) is 0 Å². The van der Waals surface area contributed by atoms with Gasteiger partial charge in [-0.1, -0.05) is 24.3 Å². The number of amides is 2. The van der Waals surface area contributed by atoms with Gasteiger partial charge in [0.25, 0.3) is 0 Å². The Hall–Kier alpha value is -2.43. The molecule has 22 heavy (non-hydrogen) atoms. The molecule has 1 aliphatic heterocycles. The van der Waals surface area contributed by atoms with Crippen LogP contribution in [-0.4, -0.2) is 17.8 Å². The van der Waals surface area contributed by atoms with Crippen LogP contribution in [0.5, 0.6) is 0 Å². The zero-order valence-corrected chi connectivity index (χ0v) is 12.0. The summed E-state index contributed by atoms with van der Waals surface area (Å²) in [5, 5.41) is 11.0. The molecule has 1 saturated heterocycles. The number of hydrogen-bond donors (Lipinski definition) is 0. The second-order valence-corrected chi connectivity index (χ2v) is 6.47. The van der Waals surface area contributed by atoms with Gasteiger partial charge in [0.1, 0.15) is 0 Å². The van der Waals surface area contributed by atoms with E-state index in [1.807, 2.05) is 19.1 Å². The summed E-state index contributed by atoms with van der Waals surface area (Å²) >= 11 is 0. The molecule has 112 valence electrons. The number of carboxylic acid groups (broad SMARTS) is 1. The first kappa shape index (κ1) is 13.2. The molecule has 0 unspecified atom stereocenters. The highest BCUT2D eigenvalue weighted by Crippen LogP contribution is 2.60. The van der Waals surface area contributed by atoms with E-state index in [9.17, 15) is 19.5 Å². The Kier molecular flexibility index (Phi) is 2.45. The third-order valence-corrected chi connectivity index (χ3v) is 5.45. The summed E-state index contributed by atoms with van der Waals surface area (Å²) in [6.45, 7) is 1.86. The molecule has 2 amide bonds. The van der Waals surface area contributed by atoms with Crippen LogP contribution in [0.4, 0.5) is 5.69 Å². The van der Waals surface area contributed by atoms with Gasteiger partial charge in [0, 0.05) is 0 Å². The van der Waals surface area contributed by atoms with Crippen molar-refractivity contribution in [1.82, 2.24) is 0 Å². The SMILES string of the molecule is C[C@@]12C(=O)N(c3cccc(C(=O)[O-])c3)C(=O)[C@H]1[C@@H]1C=C[C@H]2C1. The zero-order valence-electron chi connectivity index (χ0n) is 12.0. The molecule has 5 heteroatoms. The van der Waals surface area contributed by atoms with Crippen molar-refractivity contribution in [2.24, 2.45) is 23.2 Å². The third-order valence-electron chi connectivity index (χ3n) is 5.45. The highest BCUT2D eigenvalue weighted by molar-refractivity contribution is 6.24. The topological polar surface area (TPSA) is 77.5 Å². The molecule has 1 saturated carbocycles. The van der Waals surface area contributed by atoms with Gasteiger partial charge in [0.15, 0.2) is 0 Å². The molecule has 2 aliphatic carbocycles. The lowest BCUT2D eigenvalue weighted by atomic mass is 9.71. The third kappa shape index (κ3) is 1.41. The molecule has 4 rings (SSSR count). The standard InChI is InChI=1S/C17H15NO4/c1-17-11-6-5-9(7-11)13(17)14(19)18(16(17)22)12-4-2-3-10(8-12)15(20)21/h2-6,8-9,11,13H,7H2,1H3,(H,20,21)/p-1/t9-,11+,13-,17+/m1/s1. The average Bonchev–Trinajstić information content (AvgIpc) is 3.12. The van der Waals surface area contributed by atoms with Crippen LogP contribution in [0.25, 0.3) is 0 Å². The molecular formula is C17H14NO4-. The number of anilines is 1. The normalized spacial score (nSPS) is 35.3. The lowest BCUT2D eigenvalue weighted by Crippen LogP contribution is -2.37. The van der Waals surface area contributed by atoms with Crippen molar-refractivity contribution < 1.29 is 19.5 Å². The molecule has 4 atom stereocenters. The molecule has 0 radical (unpaired) electrons. The fourth-order valence-electron chi connectivity index (χ4n) is 4.32. The Labute approximate surface area is 127 Å². The minimum absolute atomic E-state index is 0.0404. The first-order chi connectivity index (χ1) is 10.4. The van der Waals surface area contributed by atoms with Crippen LogP contribution in [0.15, 0.2) is 36.4 Å². The summed E-state index contributed by atoms with van der Waals surface area (Å²) in [7, 11) is 0. The number of imide groups is 1. The number of carboxylic acids is 1. The maximum atomic E-state index is 12.9. The molecule has 0 aromatic heterocycles. The van der Waals surface area contributed by atoms with Crippen LogP contribution in [0.3, 0.4) is 0 Å². The first-order valence-electron chi connectivity index (χ1n) is 7.32. The average molecular weight is 296 g/mol. The molecular weight excluding hydrogens is 282 g/mol. The predicted octanol–water partition coefficient (Wildman–Crippen LogP) is 0.752. The Balaban J connectivity index is 1.79. The van der Waals surface area contributed by atoms with Crippen molar-refractivity contribution in [2.45, 2.75) is 13.3 Å². The van der Waals surface area contributed by atoms with Crippen molar-refractivity contribution in [3.63, 3.8) is 0 Å². The minimum atomic E-state index is -1.32. The van der Waals surface area contributed by atoms with Gasteiger partial charge in [-0.25, -0.2) is 4.90 Å². The number of carbonyl (C=O) groups is 3. The van der Waals surface area contributed by atoms with Crippen molar-refractivity contribution >= 4 is 23.5 Å². The Morgan fingerprint density at radius 3 is 2.77 bits per heavy atom. The monoisotopic (exact) mass is 296 g/mol. The van der Waals surface area contributed by atoms with Gasteiger partial charge >= 0.3 is 0 Å². The van der Waals surface area contributed by atoms with Crippen molar-refractivity contribution in [3.8, 4) is 0 Å². The molecule has 0 N–H and O–H groups in total. The number of hydrogen-bond acceptors (Lipinski definition) is 4. The Morgan fingerprint density at radius 2 is 2.09 bits per heavy atom. The fourth-order valence-corrected chi connectivity index (χ4v) is 4.32. The summed E-state index contributed by atoms with van der Waals surface area (Å²) in [5.41, 5.74) is -0.429. The molecule has 2 bridgehead atoms. The van der Waals surface area contributed by atoms with E-state index in [4.69, 9.17) is 0 Å². The van der Waals surface area contributed by atoms with Crippen molar-refractivity contribution in [2.75, 3.05) is 4.90 Å². The van der Waals surface area contributed by atoms with Crippen LogP contribution in [0, 0.1) is 23.2 Å². The maximum Gasteiger partial charge on any atom is 0.241 e. The molecule has 1 aromatic rings. The Morgan fingerprint density at radius 1 is 1.32 bits per heavy atom. The number of benzene rings is 1. The molecule has 3 aliphatic rings. The number of aromatic carboxylic acids is 1. The zero-order chi connectivity index (χ0) is 15.6. The number of rotatable bonds is 2. The molecule has 0 spiro atoms. The lowest BCUT2D eigenvalue weighted by Gasteiger charge is -2.28. The van der Waals surface area contributed by atoms with E-state index >= 15 is 0 Å². The van der Waals surface area contributed by atoms with Gasteiger partial charge in [-0.05, 0) is 42.9 Å². The van der Waals surface area contributed by atoms with Gasteiger partial charge in [-0.15, -0.1) is 0 Å². The fraction of sp³-hybridized carbons (Fsp3) is 0.353. The van der Waals surface area contributed by atoms with E-state index < -0.39 is 11.4 Å². The first-order valence-corrected chi connectivity index (χ1v) is 7.32. The van der Waals surface area contributed by atoms with Crippen molar-refractivity contribution in [1.29, 1.82) is 0 Å². The number of carbonyl (C=O) groups excluding carboxylic acids is 3. The van der Waals surface area contributed by atoms with E-state index in [0.29, 0.717) is 5.69 Å². The second-order valence-electron chi connectivity index (χ2n) is 6.47. The van der Waals surface area contributed by atoms with Gasteiger partial charge in [-0.3, -0.25) is 9.59 Å². The maximum absolute atomic E-state index is 12.9. The van der Waals surface area contributed by atoms with Gasteiger partial charge in [0.05, 0.1) is 23.0 Å². The van der Waals surface area contributed by atoms with Gasteiger partial charge in [-0.2, -0.15) is 0 Å². The highest BCUT2D eigenvalue weighted by Gasteiger charge is 2.67. The molecule has 1 aromatic carbocycles. The van der Waals surface area contributed by atoms with Crippen LogP contribution in [0.1, 0.15) is 23.7 Å². The number of allylic oxidation sites excluding steroid dienone is 2. The van der Waals surface area contributed by atoms with E-state index in [1.54, 1.807) is 6.07 Å². The quantitative estimate of drug-likeness (QED) is 0.596. The Bertz CT molecular complexity index is 753. The summed E-state index contributed by atoms with van der Waals surface area (Å²) in [4.78, 5) is 37.8. The summed E-state index contributed by atoms with van der Waals surface area (Å²) in [6.07, 6.45) is 4.92. The van der Waals surface area contributed by atoms with E-state index in [-0.39, 0.29) is 35.1 Å². The van der Waals surface area contributed by atoms with Crippen LogP contribution in [-0.2, 0) is 9.59 Å². The molecule has 2 fully saturated rings. The summed E-state index contributed by atoms with van der Waals surface area (Å²) in [6, 6.07) is 5.81. The van der Waals surface area contributed by atoms with Gasteiger partial charge < -0.3 is 9.90 Å². The highest BCUT2D eigenvalue weighted by atomic mass is 16.4. The van der Waals surface area contributed by atoms with E-state index in [0.717, 1.165) is 11.3 Å². The largest absolute Gasteiger partial charge is 0.545 e. The molecule has 5 nitrogen and oxygen atoms in total. The van der Waals surface area contributed by atoms with Crippen LogP contribution in [0.2, 0.25) is 0 Å². The van der Waals surface area contributed by atoms with Crippen molar-refractivity contribution in [3.05, 3.63) is 42.0 Å². The van der Waals surface area contributed by atoms with E-state index in [1.165, 1.54) is 18.2 Å².